The number of rotatable bonds is 9. The molecule has 11 nitrogen and oxygen atoms in total. The molecule has 5 aromatic heterocycles. The van der Waals surface area contributed by atoms with Crippen molar-refractivity contribution in [2.45, 2.75) is 13.8 Å². The van der Waals surface area contributed by atoms with E-state index in [-0.39, 0.29) is 0 Å². The SMILES string of the molecule is [C-]#[N+]c1cc(-n2c3ccccc3c3ccc(-c4nc(-c5ccccc5)nc(-c5ccccc5)n4)cc32)c(-n2c3ccccc3c3ccc(-c4nc(-c5ccccc5)nc(-c5ccccc5)n4)cc32)cc1-c1nc(C)cc(C)n1. The molecule has 5 heterocycles. The maximum atomic E-state index is 8.82. The quantitative estimate of drug-likeness (QED) is 0.131. The van der Waals surface area contributed by atoms with Crippen molar-refractivity contribution >= 4 is 49.3 Å². The van der Waals surface area contributed by atoms with E-state index in [1.165, 1.54) is 0 Å². The lowest BCUT2D eigenvalue weighted by Gasteiger charge is -2.20. The molecule has 366 valence electrons. The van der Waals surface area contributed by atoms with Crippen molar-refractivity contribution in [2.75, 3.05) is 0 Å². The monoisotopic (exact) mass is 1000 g/mol. The number of hydrogen-bond acceptors (Lipinski definition) is 8. The van der Waals surface area contributed by atoms with E-state index in [9.17, 15) is 0 Å². The molecule has 0 spiro atoms. The molecule has 0 N–H and O–H groups in total. The highest BCUT2D eigenvalue weighted by Gasteiger charge is 2.25. The molecule has 11 heteroatoms. The van der Waals surface area contributed by atoms with E-state index in [4.69, 9.17) is 46.4 Å². The fourth-order valence-electron chi connectivity index (χ4n) is 10.7. The fourth-order valence-corrected chi connectivity index (χ4v) is 10.7. The van der Waals surface area contributed by atoms with Crippen LogP contribution in [-0.2, 0) is 0 Å². The first-order valence-electron chi connectivity index (χ1n) is 25.6. The molecule has 0 atom stereocenters. The van der Waals surface area contributed by atoms with Gasteiger partial charge in [-0.3, -0.25) is 0 Å². The predicted octanol–water partition coefficient (Wildman–Crippen LogP) is 15.9. The summed E-state index contributed by atoms with van der Waals surface area (Å²) in [4.78, 5) is 44.8. The van der Waals surface area contributed by atoms with Crippen LogP contribution in [0.1, 0.15) is 11.4 Å². The van der Waals surface area contributed by atoms with E-state index >= 15 is 0 Å². The molecule has 0 saturated carbocycles. The fraction of sp³-hybridized carbons (Fsp3) is 0.0299. The zero-order valence-electron chi connectivity index (χ0n) is 42.3. The van der Waals surface area contributed by atoms with Crippen molar-refractivity contribution in [1.29, 1.82) is 0 Å². The third-order valence-electron chi connectivity index (χ3n) is 14.2. The number of hydrogen-bond donors (Lipinski definition) is 0. The summed E-state index contributed by atoms with van der Waals surface area (Å²) in [6.45, 7) is 12.7. The predicted molar refractivity (Wildman–Crippen MR) is 311 cm³/mol. The highest BCUT2D eigenvalue weighted by Crippen LogP contribution is 2.44. The zero-order valence-corrected chi connectivity index (χ0v) is 42.3. The van der Waals surface area contributed by atoms with Crippen molar-refractivity contribution in [2.24, 2.45) is 0 Å². The molecule has 14 rings (SSSR count). The van der Waals surface area contributed by atoms with Crippen molar-refractivity contribution < 1.29 is 0 Å². The molecule has 0 aliphatic heterocycles. The number of benzene rings is 9. The van der Waals surface area contributed by atoms with Crippen molar-refractivity contribution in [3.63, 3.8) is 0 Å². The van der Waals surface area contributed by atoms with Gasteiger partial charge < -0.3 is 9.13 Å². The highest BCUT2D eigenvalue weighted by atomic mass is 15.1. The lowest BCUT2D eigenvalue weighted by atomic mass is 10.1. The lowest BCUT2D eigenvalue weighted by Crippen LogP contribution is -2.05. The molecule has 0 saturated heterocycles. The van der Waals surface area contributed by atoms with Crippen molar-refractivity contribution in [3.05, 3.63) is 247 Å². The molecule has 14 aromatic rings. The first-order chi connectivity index (χ1) is 38.4. The summed E-state index contributed by atoms with van der Waals surface area (Å²) in [5.74, 6) is 3.84. The maximum absolute atomic E-state index is 8.82. The number of nitrogens with zero attached hydrogens (tertiary/aromatic N) is 11. The van der Waals surface area contributed by atoms with Crippen molar-refractivity contribution in [3.8, 4) is 91.1 Å². The van der Waals surface area contributed by atoms with E-state index in [1.54, 1.807) is 0 Å². The van der Waals surface area contributed by atoms with E-state index in [2.05, 4.69) is 105 Å². The molecule has 0 bridgehead atoms. The number of fused-ring (bicyclic) bond motifs is 6. The molecule has 0 aliphatic carbocycles. The average molecular weight is 1000 g/mol. The van der Waals surface area contributed by atoms with Gasteiger partial charge in [-0.2, -0.15) is 0 Å². The van der Waals surface area contributed by atoms with E-state index < -0.39 is 0 Å². The molecular weight excluding hydrogens is 959 g/mol. The van der Waals surface area contributed by atoms with Gasteiger partial charge in [-0.15, -0.1) is 0 Å². The Kier molecular flexibility index (Phi) is 11.0. The molecular formula is C67H43N11. The second-order valence-corrected chi connectivity index (χ2v) is 19.2. The topological polar surface area (TPSA) is 117 Å². The summed E-state index contributed by atoms with van der Waals surface area (Å²) in [5, 5.41) is 4.15. The van der Waals surface area contributed by atoms with E-state index in [0.29, 0.717) is 52.0 Å². The van der Waals surface area contributed by atoms with Gasteiger partial charge in [-0.1, -0.05) is 182 Å². The minimum absolute atomic E-state index is 0.409. The molecule has 0 radical (unpaired) electrons. The van der Waals surface area contributed by atoms with Gasteiger partial charge >= 0.3 is 0 Å². The van der Waals surface area contributed by atoms with Crippen LogP contribution in [0.4, 0.5) is 5.69 Å². The maximum Gasteiger partial charge on any atom is 0.200 e. The number of aromatic nitrogens is 10. The van der Waals surface area contributed by atoms with Crippen LogP contribution >= 0.6 is 0 Å². The highest BCUT2D eigenvalue weighted by molar-refractivity contribution is 6.13. The van der Waals surface area contributed by atoms with Gasteiger partial charge in [0.1, 0.15) is 5.82 Å². The zero-order chi connectivity index (χ0) is 52.3. The van der Waals surface area contributed by atoms with Gasteiger partial charge in [-0.05, 0) is 56.3 Å². The summed E-state index contributed by atoms with van der Waals surface area (Å²) in [6.07, 6.45) is 0. The Bertz CT molecular complexity index is 4560. The Hall–Kier alpha value is -10.8. The minimum Gasteiger partial charge on any atom is -0.308 e. The van der Waals surface area contributed by atoms with Crippen LogP contribution in [-0.4, -0.2) is 49.0 Å². The summed E-state index contributed by atoms with van der Waals surface area (Å²) in [7, 11) is 0. The molecule has 9 aromatic carbocycles. The van der Waals surface area contributed by atoms with Gasteiger partial charge in [0, 0.05) is 71.9 Å². The average Bonchev–Trinajstić information content (AvgIpc) is 4.20. The number of aryl methyl sites for hydroxylation is 2. The second kappa shape index (κ2) is 18.8. The Morgan fingerprint density at radius 3 is 1.01 bits per heavy atom. The summed E-state index contributed by atoms with van der Waals surface area (Å²) >= 11 is 0. The Balaban J connectivity index is 1.06. The Morgan fingerprint density at radius 1 is 0.295 bits per heavy atom. The van der Waals surface area contributed by atoms with Gasteiger partial charge in [0.2, 0.25) is 0 Å². The molecule has 78 heavy (non-hydrogen) atoms. The molecule has 0 fully saturated rings. The summed E-state index contributed by atoms with van der Waals surface area (Å²) in [5.41, 5.74) is 13.1. The van der Waals surface area contributed by atoms with Crippen LogP contribution in [0.25, 0.3) is 140 Å². The van der Waals surface area contributed by atoms with E-state index in [0.717, 1.165) is 99.8 Å². The molecule has 0 aliphatic rings. The first kappa shape index (κ1) is 45.8. The molecule has 0 amide bonds. The third kappa shape index (κ3) is 8.00. The standard InChI is InChI=1S/C67H43N11/c1-41-36-42(2)70-67(69-41)53-39-59(77-55-30-18-16-28-49(55)51-34-32-47(37-57(51)77)65-73-61(43-20-8-4-9-21-43)71-62(74-65)44-22-10-5-11-23-44)60(40-54(53)68-3)78-56-31-19-17-29-50(56)52-35-33-48(38-58(52)78)66-75-63(45-24-12-6-13-25-45)72-64(76-66)46-26-14-7-15-27-46/h4-40H,1-2H3. The number of para-hydroxylation sites is 2. The molecule has 0 unspecified atom stereocenters. The van der Waals surface area contributed by atoms with Crippen molar-refractivity contribution in [1.82, 2.24) is 49.0 Å². The van der Waals surface area contributed by atoms with Crippen LogP contribution in [0.15, 0.2) is 224 Å². The van der Waals surface area contributed by atoms with E-state index in [1.807, 2.05) is 147 Å². The normalized spacial score (nSPS) is 11.4. The smallest absolute Gasteiger partial charge is 0.200 e. The summed E-state index contributed by atoms with van der Waals surface area (Å²) < 4.78 is 4.58. The minimum atomic E-state index is 0.409. The third-order valence-corrected chi connectivity index (χ3v) is 14.2. The van der Waals surface area contributed by atoms with Crippen LogP contribution in [0.5, 0.6) is 0 Å². The Morgan fingerprint density at radius 2 is 0.628 bits per heavy atom. The second-order valence-electron chi connectivity index (χ2n) is 19.2. The van der Waals surface area contributed by atoms with Gasteiger partial charge in [0.05, 0.1) is 40.0 Å². The first-order valence-corrected chi connectivity index (χ1v) is 25.6. The van der Waals surface area contributed by atoms with Crippen LogP contribution in [0.2, 0.25) is 0 Å². The van der Waals surface area contributed by atoms with Crippen LogP contribution in [0, 0.1) is 20.4 Å². The van der Waals surface area contributed by atoms with Gasteiger partial charge in [0.15, 0.2) is 40.6 Å². The Labute approximate surface area is 448 Å². The van der Waals surface area contributed by atoms with Crippen LogP contribution in [0.3, 0.4) is 0 Å². The largest absolute Gasteiger partial charge is 0.308 e. The van der Waals surface area contributed by atoms with Gasteiger partial charge in [-0.25, -0.2) is 44.7 Å². The van der Waals surface area contributed by atoms with Gasteiger partial charge in [0.25, 0.3) is 0 Å². The van der Waals surface area contributed by atoms with Crippen LogP contribution < -0.4 is 0 Å². The lowest BCUT2D eigenvalue weighted by molar-refractivity contribution is 1.06. The summed E-state index contributed by atoms with van der Waals surface area (Å²) in [6, 6.07) is 75.8.